The van der Waals surface area contributed by atoms with Crippen molar-refractivity contribution in [3.8, 4) is 0 Å². The molecule has 0 saturated heterocycles. The second-order valence-electron chi connectivity index (χ2n) is 2.98. The minimum atomic E-state index is -2.38. The quantitative estimate of drug-likeness (QED) is 0.731. The van der Waals surface area contributed by atoms with Crippen molar-refractivity contribution in [2.24, 2.45) is 0 Å². The van der Waals surface area contributed by atoms with E-state index in [1.807, 2.05) is 6.07 Å². The molecule has 2 nitrogen and oxygen atoms in total. The number of nitrogens with one attached hydrogen (secondary N) is 1. The molecule has 0 spiro atoms. The van der Waals surface area contributed by atoms with Gasteiger partial charge in [0.2, 0.25) is 0 Å². The van der Waals surface area contributed by atoms with Gasteiger partial charge in [-0.1, -0.05) is 0 Å². The summed E-state index contributed by atoms with van der Waals surface area (Å²) in [4.78, 5) is 1.17. The Hall–Kier alpha value is 0.440. The zero-order valence-electron chi connectivity index (χ0n) is 8.31. The van der Waals surface area contributed by atoms with E-state index in [0.717, 1.165) is 8.26 Å². The summed E-state index contributed by atoms with van der Waals surface area (Å²) in [6.07, 6.45) is -2.38. The van der Waals surface area contributed by atoms with Crippen LogP contribution in [0.1, 0.15) is 4.88 Å². The van der Waals surface area contributed by atoms with E-state index >= 15 is 0 Å². The fourth-order valence-corrected chi connectivity index (χ4v) is 3.15. The highest BCUT2D eigenvalue weighted by Gasteiger charge is 2.04. The maximum Gasteiger partial charge on any atom is 0.261 e. The summed E-state index contributed by atoms with van der Waals surface area (Å²) < 4.78 is 30.2. The summed E-state index contributed by atoms with van der Waals surface area (Å²) in [6.45, 7) is 1.10. The minimum Gasteiger partial charge on any atom is -0.374 e. The average Bonchev–Trinajstić information content (AvgIpc) is 2.52. The van der Waals surface area contributed by atoms with Crippen molar-refractivity contribution in [1.29, 1.82) is 0 Å². The van der Waals surface area contributed by atoms with Gasteiger partial charge in [0.1, 0.15) is 6.61 Å². The smallest absolute Gasteiger partial charge is 0.261 e. The molecule has 0 radical (unpaired) electrons. The van der Waals surface area contributed by atoms with Crippen LogP contribution in [0.2, 0.25) is 0 Å². The average molecular weight is 379 g/mol. The van der Waals surface area contributed by atoms with Gasteiger partial charge in [-0.15, -0.1) is 11.3 Å². The van der Waals surface area contributed by atoms with E-state index in [9.17, 15) is 8.78 Å². The molecule has 0 atom stereocenters. The first-order valence-electron chi connectivity index (χ1n) is 4.60. The molecule has 1 heterocycles. The Balaban J connectivity index is 2.07. The van der Waals surface area contributed by atoms with Gasteiger partial charge < -0.3 is 10.1 Å². The topological polar surface area (TPSA) is 21.3 Å². The largest absolute Gasteiger partial charge is 0.374 e. The van der Waals surface area contributed by atoms with Crippen molar-refractivity contribution in [1.82, 2.24) is 5.32 Å². The molecule has 0 fully saturated rings. The molecule has 0 aromatic carbocycles. The van der Waals surface area contributed by atoms with Gasteiger partial charge in [-0.05, 0) is 37.9 Å². The van der Waals surface area contributed by atoms with Gasteiger partial charge in [0.25, 0.3) is 6.43 Å². The van der Waals surface area contributed by atoms with Gasteiger partial charge in [0.15, 0.2) is 0 Å². The van der Waals surface area contributed by atoms with E-state index in [-0.39, 0.29) is 0 Å². The molecule has 0 unspecified atom stereocenters. The predicted molar refractivity (Wildman–Crippen MR) is 68.2 cm³/mol. The molecule has 1 rings (SSSR count). The molecule has 1 aromatic rings. The molecular formula is C9H11Br2F2NOS. The standard InChI is InChI=1S/C9H11Br2F2NOS/c10-7-3-6(16-9(7)11)4-14-1-2-15-5-8(12)13/h3,8,14H,1-2,4-5H2. The zero-order chi connectivity index (χ0) is 12.0. The van der Waals surface area contributed by atoms with Gasteiger partial charge in [0.05, 0.1) is 10.4 Å². The summed E-state index contributed by atoms with van der Waals surface area (Å²) in [5.41, 5.74) is 0. The van der Waals surface area contributed by atoms with Crippen molar-refractivity contribution < 1.29 is 13.5 Å². The van der Waals surface area contributed by atoms with Crippen LogP contribution in [0.15, 0.2) is 14.3 Å². The molecule has 16 heavy (non-hydrogen) atoms. The van der Waals surface area contributed by atoms with Gasteiger partial charge in [0, 0.05) is 22.4 Å². The summed E-state index contributed by atoms with van der Waals surface area (Å²) in [6, 6.07) is 2.02. The van der Waals surface area contributed by atoms with Crippen molar-refractivity contribution in [3.05, 3.63) is 19.2 Å². The Bertz CT molecular complexity index is 303. The van der Waals surface area contributed by atoms with E-state index in [0.29, 0.717) is 19.7 Å². The SMILES string of the molecule is FC(F)COCCNCc1cc(Br)c(Br)s1. The highest BCUT2D eigenvalue weighted by atomic mass is 79.9. The summed E-state index contributed by atoms with van der Waals surface area (Å²) in [5, 5.41) is 3.11. The first-order chi connectivity index (χ1) is 7.59. The molecular weight excluding hydrogens is 368 g/mol. The second kappa shape index (κ2) is 7.71. The highest BCUT2D eigenvalue weighted by Crippen LogP contribution is 2.32. The fraction of sp³-hybridized carbons (Fsp3) is 0.556. The number of thiophene rings is 1. The third-order valence-corrected chi connectivity index (χ3v) is 4.92. The highest BCUT2D eigenvalue weighted by molar-refractivity contribution is 9.13. The number of rotatable bonds is 7. The van der Waals surface area contributed by atoms with Gasteiger partial charge >= 0.3 is 0 Å². The molecule has 0 bridgehead atoms. The number of ether oxygens (including phenoxy) is 1. The third-order valence-electron chi connectivity index (χ3n) is 1.66. The molecule has 0 aliphatic rings. The summed E-state index contributed by atoms with van der Waals surface area (Å²) in [5.74, 6) is 0. The van der Waals surface area contributed by atoms with Gasteiger partial charge in [-0.3, -0.25) is 0 Å². The molecule has 92 valence electrons. The minimum absolute atomic E-state index is 0.304. The Morgan fingerprint density at radius 3 is 2.75 bits per heavy atom. The lowest BCUT2D eigenvalue weighted by molar-refractivity contribution is 0.0187. The molecule has 0 aliphatic heterocycles. The van der Waals surface area contributed by atoms with E-state index in [4.69, 9.17) is 4.74 Å². The fourth-order valence-electron chi connectivity index (χ4n) is 1.01. The van der Waals surface area contributed by atoms with Crippen molar-refractivity contribution >= 4 is 43.2 Å². The number of halogens is 4. The van der Waals surface area contributed by atoms with Crippen molar-refractivity contribution in [2.45, 2.75) is 13.0 Å². The van der Waals surface area contributed by atoms with Crippen LogP contribution in [-0.4, -0.2) is 26.2 Å². The maximum absolute atomic E-state index is 11.7. The van der Waals surface area contributed by atoms with Crippen LogP contribution in [0.4, 0.5) is 8.78 Å². The lowest BCUT2D eigenvalue weighted by Gasteiger charge is -2.04. The Labute approximate surface area is 114 Å². The number of alkyl halides is 2. The maximum atomic E-state index is 11.7. The van der Waals surface area contributed by atoms with Crippen LogP contribution in [0.25, 0.3) is 0 Å². The number of hydrogen-bond acceptors (Lipinski definition) is 3. The molecule has 1 aromatic heterocycles. The van der Waals surface area contributed by atoms with E-state index in [2.05, 4.69) is 37.2 Å². The Morgan fingerprint density at radius 1 is 1.44 bits per heavy atom. The number of hydrogen-bond donors (Lipinski definition) is 1. The van der Waals surface area contributed by atoms with Crippen molar-refractivity contribution in [2.75, 3.05) is 19.8 Å². The molecule has 0 amide bonds. The normalized spacial score (nSPS) is 11.3. The monoisotopic (exact) mass is 377 g/mol. The third kappa shape index (κ3) is 5.67. The molecule has 0 aliphatic carbocycles. The van der Waals surface area contributed by atoms with Crippen LogP contribution in [0, 0.1) is 0 Å². The Morgan fingerprint density at radius 2 is 2.19 bits per heavy atom. The van der Waals surface area contributed by atoms with E-state index < -0.39 is 13.0 Å². The van der Waals surface area contributed by atoms with E-state index in [1.165, 1.54) is 4.88 Å². The summed E-state index contributed by atoms with van der Waals surface area (Å²) >= 11 is 8.42. The molecule has 7 heteroatoms. The van der Waals surface area contributed by atoms with Gasteiger partial charge in [-0.2, -0.15) is 0 Å². The van der Waals surface area contributed by atoms with Gasteiger partial charge in [-0.25, -0.2) is 8.78 Å². The predicted octanol–water partition coefficient (Wildman–Crippen LogP) is 3.64. The molecule has 0 saturated carbocycles. The van der Waals surface area contributed by atoms with Crippen LogP contribution in [0.3, 0.4) is 0 Å². The zero-order valence-corrected chi connectivity index (χ0v) is 12.3. The lowest BCUT2D eigenvalue weighted by Crippen LogP contribution is -2.20. The van der Waals surface area contributed by atoms with Crippen LogP contribution in [0.5, 0.6) is 0 Å². The lowest BCUT2D eigenvalue weighted by atomic mass is 10.4. The summed E-state index contributed by atoms with van der Waals surface area (Å²) in [7, 11) is 0. The first kappa shape index (κ1) is 14.5. The van der Waals surface area contributed by atoms with Crippen LogP contribution >= 0.6 is 43.2 Å². The molecule has 1 N–H and O–H groups in total. The second-order valence-corrected chi connectivity index (χ2v) is 6.29. The van der Waals surface area contributed by atoms with Crippen LogP contribution in [-0.2, 0) is 11.3 Å². The van der Waals surface area contributed by atoms with Crippen LogP contribution < -0.4 is 5.32 Å². The van der Waals surface area contributed by atoms with E-state index in [1.54, 1.807) is 11.3 Å². The Kier molecular flexibility index (Phi) is 6.98. The van der Waals surface area contributed by atoms with Crippen molar-refractivity contribution in [3.63, 3.8) is 0 Å². The first-order valence-corrected chi connectivity index (χ1v) is 7.00.